The molecular formula is C23H27N5O3. The van der Waals surface area contributed by atoms with E-state index in [2.05, 4.69) is 21.7 Å². The number of aryl methyl sites for hydroxylation is 3. The Morgan fingerprint density at radius 1 is 1.16 bits per heavy atom. The van der Waals surface area contributed by atoms with E-state index in [1.807, 2.05) is 35.7 Å². The number of aromatic nitrogens is 5. The van der Waals surface area contributed by atoms with Crippen molar-refractivity contribution in [2.24, 2.45) is 7.05 Å². The van der Waals surface area contributed by atoms with Crippen molar-refractivity contribution in [1.29, 1.82) is 0 Å². The van der Waals surface area contributed by atoms with E-state index < -0.39 is 0 Å². The van der Waals surface area contributed by atoms with Crippen LogP contribution in [-0.2, 0) is 31.3 Å². The van der Waals surface area contributed by atoms with Crippen LogP contribution in [0.15, 0.2) is 46.1 Å². The number of rotatable bonds is 6. The van der Waals surface area contributed by atoms with Crippen LogP contribution in [0.3, 0.4) is 0 Å². The summed E-state index contributed by atoms with van der Waals surface area (Å²) in [4.78, 5) is 31.0. The Labute approximate surface area is 179 Å². The number of fused-ring (bicyclic) bond motifs is 3. The zero-order chi connectivity index (χ0) is 21.5. The van der Waals surface area contributed by atoms with Gasteiger partial charge >= 0.3 is 5.69 Å². The molecule has 5 rings (SSSR count). The van der Waals surface area contributed by atoms with Crippen LogP contribution in [0.5, 0.6) is 0 Å². The fourth-order valence-corrected chi connectivity index (χ4v) is 4.56. The van der Waals surface area contributed by atoms with Crippen molar-refractivity contribution >= 4 is 16.9 Å². The number of benzene rings is 1. The van der Waals surface area contributed by atoms with Crippen LogP contribution in [0.25, 0.3) is 16.9 Å². The van der Waals surface area contributed by atoms with Crippen LogP contribution >= 0.6 is 0 Å². The maximum atomic E-state index is 13.3. The molecule has 0 N–H and O–H groups in total. The normalized spacial score (nSPS) is 16.6. The number of hydrogen-bond acceptors (Lipinski definition) is 4. The summed E-state index contributed by atoms with van der Waals surface area (Å²) in [5.74, 6) is 0.678. The topological polar surface area (TPSA) is 75.5 Å². The number of imidazole rings is 2. The van der Waals surface area contributed by atoms with Gasteiger partial charge in [-0.3, -0.25) is 18.3 Å². The summed E-state index contributed by atoms with van der Waals surface area (Å²) >= 11 is 0. The van der Waals surface area contributed by atoms with Crippen LogP contribution in [0.2, 0.25) is 0 Å². The highest BCUT2D eigenvalue weighted by Crippen LogP contribution is 2.20. The number of ether oxygens (including phenoxy) is 1. The second-order valence-electron chi connectivity index (χ2n) is 8.36. The second kappa shape index (κ2) is 7.85. The molecule has 4 aromatic rings. The van der Waals surface area contributed by atoms with Gasteiger partial charge in [-0.2, -0.15) is 4.98 Å². The van der Waals surface area contributed by atoms with Crippen molar-refractivity contribution in [2.75, 3.05) is 6.61 Å². The quantitative estimate of drug-likeness (QED) is 0.479. The SMILES string of the molecule is Cc1cn2c3c(=O)n(CCCc4ccccc4)c(=O)n(C)c3nc2n1CC1CCCO1. The van der Waals surface area contributed by atoms with Gasteiger partial charge in [0, 0.05) is 32.1 Å². The molecule has 0 radical (unpaired) electrons. The second-order valence-corrected chi connectivity index (χ2v) is 8.36. The molecule has 4 heterocycles. The van der Waals surface area contributed by atoms with Gasteiger partial charge in [-0.25, -0.2) is 4.79 Å². The summed E-state index contributed by atoms with van der Waals surface area (Å²) in [5, 5.41) is 0. The summed E-state index contributed by atoms with van der Waals surface area (Å²) < 4.78 is 12.5. The molecule has 0 aliphatic carbocycles. The van der Waals surface area contributed by atoms with Gasteiger partial charge in [0.05, 0.1) is 12.6 Å². The van der Waals surface area contributed by atoms with Crippen molar-refractivity contribution in [3.8, 4) is 0 Å². The van der Waals surface area contributed by atoms with Crippen LogP contribution in [0, 0.1) is 6.92 Å². The van der Waals surface area contributed by atoms with E-state index in [9.17, 15) is 9.59 Å². The predicted octanol–water partition coefficient (Wildman–Crippen LogP) is 2.27. The molecule has 1 aliphatic rings. The van der Waals surface area contributed by atoms with Crippen LogP contribution in [-0.4, -0.2) is 35.8 Å². The first-order valence-electron chi connectivity index (χ1n) is 10.9. The minimum absolute atomic E-state index is 0.160. The third-order valence-electron chi connectivity index (χ3n) is 6.24. The van der Waals surface area contributed by atoms with Crippen LogP contribution in [0.4, 0.5) is 0 Å². The van der Waals surface area contributed by atoms with E-state index in [-0.39, 0.29) is 17.4 Å². The smallest absolute Gasteiger partial charge is 0.332 e. The van der Waals surface area contributed by atoms with Crippen LogP contribution < -0.4 is 11.2 Å². The molecule has 162 valence electrons. The zero-order valence-electron chi connectivity index (χ0n) is 18.0. The molecule has 1 aliphatic heterocycles. The number of hydrogen-bond donors (Lipinski definition) is 0. The van der Waals surface area contributed by atoms with Gasteiger partial charge in [0.2, 0.25) is 5.78 Å². The molecule has 1 atom stereocenters. The van der Waals surface area contributed by atoms with E-state index in [1.54, 1.807) is 7.05 Å². The predicted molar refractivity (Wildman–Crippen MR) is 119 cm³/mol. The summed E-state index contributed by atoms with van der Waals surface area (Å²) in [6, 6.07) is 10.1. The summed E-state index contributed by atoms with van der Waals surface area (Å²) in [7, 11) is 1.68. The molecule has 3 aromatic heterocycles. The highest BCUT2D eigenvalue weighted by Gasteiger charge is 2.23. The van der Waals surface area contributed by atoms with Crippen molar-refractivity contribution in [3.05, 3.63) is 68.6 Å². The Kier molecular flexibility index (Phi) is 5.02. The third-order valence-corrected chi connectivity index (χ3v) is 6.24. The zero-order valence-corrected chi connectivity index (χ0v) is 18.0. The Balaban J connectivity index is 1.54. The molecule has 1 saturated heterocycles. The minimum Gasteiger partial charge on any atom is -0.376 e. The molecule has 0 saturated carbocycles. The van der Waals surface area contributed by atoms with Gasteiger partial charge in [-0.15, -0.1) is 0 Å². The summed E-state index contributed by atoms with van der Waals surface area (Å²) in [5.41, 5.74) is 2.48. The molecule has 31 heavy (non-hydrogen) atoms. The lowest BCUT2D eigenvalue weighted by Crippen LogP contribution is -2.39. The Bertz CT molecular complexity index is 1350. The van der Waals surface area contributed by atoms with Crippen LogP contribution in [0.1, 0.15) is 30.5 Å². The van der Waals surface area contributed by atoms with E-state index in [0.29, 0.717) is 36.5 Å². The fraction of sp³-hybridized carbons (Fsp3) is 0.435. The maximum absolute atomic E-state index is 13.3. The van der Waals surface area contributed by atoms with Crippen molar-refractivity contribution < 1.29 is 4.74 Å². The molecule has 8 nitrogen and oxygen atoms in total. The highest BCUT2D eigenvalue weighted by molar-refractivity contribution is 5.75. The first-order valence-corrected chi connectivity index (χ1v) is 10.9. The lowest BCUT2D eigenvalue weighted by atomic mass is 10.1. The van der Waals surface area contributed by atoms with Crippen molar-refractivity contribution in [3.63, 3.8) is 0 Å². The lowest BCUT2D eigenvalue weighted by Gasteiger charge is -2.11. The highest BCUT2D eigenvalue weighted by atomic mass is 16.5. The van der Waals surface area contributed by atoms with Gasteiger partial charge in [0.15, 0.2) is 11.2 Å². The van der Waals surface area contributed by atoms with Gasteiger partial charge < -0.3 is 9.30 Å². The van der Waals surface area contributed by atoms with Gasteiger partial charge in [0.25, 0.3) is 5.56 Å². The molecule has 8 heteroatoms. The molecule has 0 spiro atoms. The molecule has 1 aromatic carbocycles. The lowest BCUT2D eigenvalue weighted by molar-refractivity contribution is 0.0974. The maximum Gasteiger partial charge on any atom is 0.332 e. The first kappa shape index (κ1) is 19.8. The largest absolute Gasteiger partial charge is 0.376 e. The molecule has 0 amide bonds. The van der Waals surface area contributed by atoms with Gasteiger partial charge in [-0.05, 0) is 38.2 Å². The Hall–Kier alpha value is -3.13. The Morgan fingerprint density at radius 2 is 1.97 bits per heavy atom. The van der Waals surface area contributed by atoms with E-state index in [1.165, 1.54) is 14.7 Å². The first-order chi connectivity index (χ1) is 15.0. The van der Waals surface area contributed by atoms with Gasteiger partial charge in [0.1, 0.15) is 0 Å². The van der Waals surface area contributed by atoms with E-state index in [4.69, 9.17) is 4.74 Å². The minimum atomic E-state index is -0.325. The molecular weight excluding hydrogens is 394 g/mol. The third kappa shape index (κ3) is 3.40. The summed E-state index contributed by atoms with van der Waals surface area (Å²) in [6.07, 6.45) is 5.71. The van der Waals surface area contributed by atoms with E-state index in [0.717, 1.165) is 31.6 Å². The van der Waals surface area contributed by atoms with Crippen molar-refractivity contribution in [1.82, 2.24) is 23.1 Å². The summed E-state index contributed by atoms with van der Waals surface area (Å²) in [6.45, 7) is 3.87. The monoisotopic (exact) mass is 421 g/mol. The molecule has 1 unspecified atom stereocenters. The fourth-order valence-electron chi connectivity index (χ4n) is 4.56. The Morgan fingerprint density at radius 3 is 2.71 bits per heavy atom. The molecule has 1 fully saturated rings. The van der Waals surface area contributed by atoms with E-state index >= 15 is 0 Å². The van der Waals surface area contributed by atoms with Gasteiger partial charge in [-0.1, -0.05) is 30.3 Å². The molecule has 0 bridgehead atoms. The standard InChI is InChI=1S/C23H27N5O3/c1-16-14-28-19-20(24-22(28)27(16)15-18-11-7-13-31-18)25(2)23(30)26(21(19)29)12-6-10-17-8-4-3-5-9-17/h3-5,8-9,14,18H,6-7,10-13,15H2,1-2H3. The van der Waals surface area contributed by atoms with Crippen molar-refractivity contribution in [2.45, 2.75) is 51.8 Å². The number of nitrogens with zero attached hydrogens (tertiary/aromatic N) is 5. The average molecular weight is 422 g/mol. The average Bonchev–Trinajstić information content (AvgIpc) is 3.48.